The molecule has 0 bridgehead atoms. The molecule has 2 aromatic carbocycles. The number of fused-ring (bicyclic) bond motifs is 1. The summed E-state index contributed by atoms with van der Waals surface area (Å²) < 4.78 is 6.26. The number of ether oxygens (including phenoxy) is 1. The zero-order valence-electron chi connectivity index (χ0n) is 12.2. The van der Waals surface area contributed by atoms with Crippen molar-refractivity contribution in [3.8, 4) is 17.0 Å². The van der Waals surface area contributed by atoms with Crippen molar-refractivity contribution in [2.45, 2.75) is 13.8 Å². The molecule has 1 N–H and O–H groups in total. The van der Waals surface area contributed by atoms with Crippen LogP contribution in [0, 0.1) is 18.5 Å². The van der Waals surface area contributed by atoms with E-state index in [2.05, 4.69) is 30.1 Å². The minimum atomic E-state index is 0.650. The third-order valence-electron chi connectivity index (χ3n) is 3.83. The normalized spacial score (nSPS) is 10.8. The third kappa shape index (κ3) is 2.21. The molecule has 0 atom stereocenters. The lowest BCUT2D eigenvalue weighted by Crippen LogP contribution is -1.97. The lowest BCUT2D eigenvalue weighted by Gasteiger charge is -2.14. The van der Waals surface area contributed by atoms with Crippen molar-refractivity contribution in [3.63, 3.8) is 0 Å². The van der Waals surface area contributed by atoms with Gasteiger partial charge in [-0.2, -0.15) is 5.10 Å². The lowest BCUT2D eigenvalue weighted by atomic mass is 9.99. The van der Waals surface area contributed by atoms with E-state index in [1.165, 1.54) is 5.56 Å². The molecular formula is C17H16N2OS. The van der Waals surface area contributed by atoms with Crippen molar-refractivity contribution in [1.82, 2.24) is 10.2 Å². The van der Waals surface area contributed by atoms with Crippen LogP contribution in [0.1, 0.15) is 11.1 Å². The van der Waals surface area contributed by atoms with Gasteiger partial charge in [0.2, 0.25) is 0 Å². The molecule has 3 aromatic rings. The zero-order chi connectivity index (χ0) is 15.0. The largest absolute Gasteiger partial charge is 0.496 e. The van der Waals surface area contributed by atoms with Gasteiger partial charge in [0, 0.05) is 16.3 Å². The molecule has 1 heterocycles. The Kier molecular flexibility index (Phi) is 3.47. The van der Waals surface area contributed by atoms with Crippen LogP contribution < -0.4 is 4.74 Å². The van der Waals surface area contributed by atoms with Crippen LogP contribution >= 0.6 is 12.2 Å². The average molecular weight is 296 g/mol. The number of aromatic nitrogens is 2. The Morgan fingerprint density at radius 2 is 1.76 bits per heavy atom. The summed E-state index contributed by atoms with van der Waals surface area (Å²) in [6.45, 7) is 4.14. The summed E-state index contributed by atoms with van der Waals surface area (Å²) in [5.41, 5.74) is 4.16. The van der Waals surface area contributed by atoms with E-state index < -0.39 is 0 Å². The van der Waals surface area contributed by atoms with E-state index >= 15 is 0 Å². The first-order valence-corrected chi connectivity index (χ1v) is 7.16. The summed E-state index contributed by atoms with van der Waals surface area (Å²) in [6, 6.07) is 12.2. The average Bonchev–Trinajstić information content (AvgIpc) is 2.51. The lowest BCUT2D eigenvalue weighted by molar-refractivity contribution is 0.413. The van der Waals surface area contributed by atoms with Gasteiger partial charge in [-0.1, -0.05) is 42.5 Å². The van der Waals surface area contributed by atoms with E-state index in [1.807, 2.05) is 30.3 Å². The quantitative estimate of drug-likeness (QED) is 0.703. The number of benzene rings is 2. The van der Waals surface area contributed by atoms with Crippen LogP contribution in [0.3, 0.4) is 0 Å². The maximum atomic E-state index is 5.61. The molecule has 0 fully saturated rings. The van der Waals surface area contributed by atoms with E-state index in [1.54, 1.807) is 7.11 Å². The highest BCUT2D eigenvalue weighted by molar-refractivity contribution is 7.71. The molecular weight excluding hydrogens is 280 g/mol. The minimum absolute atomic E-state index is 0.650. The molecule has 1 aromatic heterocycles. The summed E-state index contributed by atoms with van der Waals surface area (Å²) >= 11 is 5.32. The molecule has 0 spiro atoms. The number of hydrogen-bond donors (Lipinski definition) is 1. The van der Waals surface area contributed by atoms with Gasteiger partial charge in [-0.05, 0) is 31.0 Å². The first kappa shape index (κ1) is 13.8. The second kappa shape index (κ2) is 5.30. The van der Waals surface area contributed by atoms with Crippen LogP contribution in [0.25, 0.3) is 22.0 Å². The Bertz CT molecular complexity index is 884. The Morgan fingerprint density at radius 1 is 1.05 bits per heavy atom. The van der Waals surface area contributed by atoms with E-state index in [4.69, 9.17) is 17.0 Å². The molecule has 0 saturated heterocycles. The highest BCUT2D eigenvalue weighted by Gasteiger charge is 2.14. The van der Waals surface area contributed by atoms with Gasteiger partial charge in [0.1, 0.15) is 16.1 Å². The fourth-order valence-corrected chi connectivity index (χ4v) is 2.78. The Balaban J connectivity index is 2.39. The number of nitrogens with zero attached hydrogens (tertiary/aromatic N) is 1. The number of aryl methyl sites for hydroxylation is 1. The van der Waals surface area contributed by atoms with Crippen LogP contribution in [0.2, 0.25) is 0 Å². The van der Waals surface area contributed by atoms with Gasteiger partial charge < -0.3 is 4.74 Å². The number of methoxy groups -OCH3 is 1. The summed E-state index contributed by atoms with van der Waals surface area (Å²) in [6.07, 6.45) is 0. The minimum Gasteiger partial charge on any atom is -0.496 e. The molecule has 0 unspecified atom stereocenters. The predicted octanol–water partition coefficient (Wildman–Crippen LogP) is 4.58. The molecule has 3 nitrogen and oxygen atoms in total. The molecule has 4 heteroatoms. The maximum Gasteiger partial charge on any atom is 0.131 e. The highest BCUT2D eigenvalue weighted by Crippen LogP contribution is 2.36. The van der Waals surface area contributed by atoms with Crippen LogP contribution in [-0.2, 0) is 0 Å². The van der Waals surface area contributed by atoms with E-state index in [0.29, 0.717) is 4.64 Å². The fourth-order valence-electron chi connectivity index (χ4n) is 2.56. The number of hydrogen-bond acceptors (Lipinski definition) is 3. The molecule has 0 aliphatic heterocycles. The van der Waals surface area contributed by atoms with Crippen molar-refractivity contribution in [2.75, 3.05) is 7.11 Å². The van der Waals surface area contributed by atoms with Gasteiger partial charge in [0.15, 0.2) is 0 Å². The van der Waals surface area contributed by atoms with Crippen molar-refractivity contribution >= 4 is 23.0 Å². The van der Waals surface area contributed by atoms with E-state index in [0.717, 1.165) is 33.3 Å². The van der Waals surface area contributed by atoms with Crippen molar-refractivity contribution in [2.24, 2.45) is 0 Å². The predicted molar refractivity (Wildman–Crippen MR) is 88.4 cm³/mol. The smallest absolute Gasteiger partial charge is 0.131 e. The van der Waals surface area contributed by atoms with E-state index in [-0.39, 0.29) is 0 Å². The molecule has 0 aliphatic rings. The molecule has 3 rings (SSSR count). The number of nitrogens with one attached hydrogen (secondary N) is 1. The van der Waals surface area contributed by atoms with Gasteiger partial charge >= 0.3 is 0 Å². The van der Waals surface area contributed by atoms with Crippen LogP contribution in [0.5, 0.6) is 5.75 Å². The molecule has 0 radical (unpaired) electrons. The summed E-state index contributed by atoms with van der Waals surface area (Å²) in [5.74, 6) is 0.859. The standard InChI is InChI=1S/C17H16N2OS/c1-10-8-9-14(16(20-3)11(10)2)15-12-6-4-5-7-13(12)17(21)19-18-15/h4-9H,1-3H3,(H,19,21). The molecule has 0 aliphatic carbocycles. The van der Waals surface area contributed by atoms with E-state index in [9.17, 15) is 0 Å². The van der Waals surface area contributed by atoms with Crippen molar-refractivity contribution < 1.29 is 4.74 Å². The Morgan fingerprint density at radius 3 is 2.48 bits per heavy atom. The number of aromatic amines is 1. The second-order valence-electron chi connectivity index (χ2n) is 5.04. The first-order valence-electron chi connectivity index (χ1n) is 6.75. The van der Waals surface area contributed by atoms with Gasteiger partial charge in [-0.15, -0.1) is 0 Å². The summed E-state index contributed by atoms with van der Waals surface area (Å²) in [7, 11) is 1.69. The Labute approximate surface area is 128 Å². The topological polar surface area (TPSA) is 37.9 Å². The SMILES string of the molecule is COc1c(-c2n[nH]c(=S)c3ccccc23)ccc(C)c1C. The van der Waals surface area contributed by atoms with Gasteiger partial charge in [-0.3, -0.25) is 5.10 Å². The van der Waals surface area contributed by atoms with Gasteiger partial charge in [-0.25, -0.2) is 0 Å². The second-order valence-corrected chi connectivity index (χ2v) is 5.44. The molecule has 21 heavy (non-hydrogen) atoms. The highest BCUT2D eigenvalue weighted by atomic mass is 32.1. The summed E-state index contributed by atoms with van der Waals surface area (Å²) in [5, 5.41) is 9.41. The molecule has 0 saturated carbocycles. The monoisotopic (exact) mass is 296 g/mol. The van der Waals surface area contributed by atoms with Crippen molar-refractivity contribution in [3.05, 3.63) is 52.2 Å². The van der Waals surface area contributed by atoms with Crippen LogP contribution in [-0.4, -0.2) is 17.3 Å². The molecule has 0 amide bonds. The zero-order valence-corrected chi connectivity index (χ0v) is 13.0. The van der Waals surface area contributed by atoms with Gasteiger partial charge in [0.25, 0.3) is 0 Å². The Hall–Kier alpha value is -2.20. The number of H-pyrrole nitrogens is 1. The summed E-state index contributed by atoms with van der Waals surface area (Å²) in [4.78, 5) is 0. The fraction of sp³-hybridized carbons (Fsp3) is 0.176. The van der Waals surface area contributed by atoms with Crippen LogP contribution in [0.15, 0.2) is 36.4 Å². The maximum absolute atomic E-state index is 5.61. The van der Waals surface area contributed by atoms with Crippen molar-refractivity contribution in [1.29, 1.82) is 0 Å². The molecule has 106 valence electrons. The van der Waals surface area contributed by atoms with Gasteiger partial charge in [0.05, 0.1) is 7.11 Å². The number of rotatable bonds is 2. The first-order chi connectivity index (χ1) is 10.1. The third-order valence-corrected chi connectivity index (χ3v) is 4.14. The van der Waals surface area contributed by atoms with Crippen LogP contribution in [0.4, 0.5) is 0 Å².